The molecule has 1 unspecified atom stereocenters. The third-order valence-electron chi connectivity index (χ3n) is 3.60. The lowest BCUT2D eigenvalue weighted by Gasteiger charge is -2.12. The lowest BCUT2D eigenvalue weighted by molar-refractivity contribution is -0.141. The maximum atomic E-state index is 12.4. The molecule has 124 valence electrons. The first-order valence-corrected chi connectivity index (χ1v) is 7.33. The van der Waals surface area contributed by atoms with E-state index in [1.807, 2.05) is 31.4 Å². The maximum Gasteiger partial charge on any atom is 0.307 e. The highest BCUT2D eigenvalue weighted by Gasteiger charge is 2.20. The summed E-state index contributed by atoms with van der Waals surface area (Å²) >= 11 is 0. The van der Waals surface area contributed by atoms with Crippen LogP contribution in [0.15, 0.2) is 16.7 Å². The highest BCUT2D eigenvalue weighted by Crippen LogP contribution is 2.20. The van der Waals surface area contributed by atoms with Crippen molar-refractivity contribution >= 4 is 11.9 Å². The molecule has 2 rings (SSSR count). The number of esters is 1. The summed E-state index contributed by atoms with van der Waals surface area (Å²) in [6, 6.07) is 3.29. The van der Waals surface area contributed by atoms with Crippen molar-refractivity contribution < 1.29 is 18.8 Å². The smallest absolute Gasteiger partial charge is 0.307 e. The first-order valence-electron chi connectivity index (χ1n) is 7.33. The fourth-order valence-electron chi connectivity index (χ4n) is 2.49. The van der Waals surface area contributed by atoms with Crippen molar-refractivity contribution in [3.8, 4) is 5.82 Å². The van der Waals surface area contributed by atoms with Crippen molar-refractivity contribution in [2.24, 2.45) is 0 Å². The Morgan fingerprint density at radius 3 is 2.61 bits per heavy atom. The minimum atomic E-state index is -0.360. The van der Waals surface area contributed by atoms with Gasteiger partial charge >= 0.3 is 5.97 Å². The SMILES string of the molecule is COC(=O)CC(C)NC(=O)c1cc(C)n(-c2cc(C)on2)c1C. The molecule has 0 spiro atoms. The van der Waals surface area contributed by atoms with Crippen LogP contribution in [0.1, 0.15) is 40.9 Å². The molecule has 0 aliphatic heterocycles. The van der Waals surface area contributed by atoms with Crippen molar-refractivity contribution in [1.82, 2.24) is 15.0 Å². The van der Waals surface area contributed by atoms with Crippen LogP contribution < -0.4 is 5.32 Å². The molecular weight excluding hydrogens is 298 g/mol. The second kappa shape index (κ2) is 6.68. The van der Waals surface area contributed by atoms with Gasteiger partial charge in [-0.2, -0.15) is 0 Å². The number of aryl methyl sites for hydroxylation is 2. The molecule has 1 N–H and O–H groups in total. The summed E-state index contributed by atoms with van der Waals surface area (Å²) in [7, 11) is 1.32. The number of carbonyl (C=O) groups excluding carboxylic acids is 2. The van der Waals surface area contributed by atoms with Gasteiger partial charge < -0.3 is 14.6 Å². The number of methoxy groups -OCH3 is 1. The van der Waals surface area contributed by atoms with Gasteiger partial charge in [0, 0.05) is 23.5 Å². The summed E-state index contributed by atoms with van der Waals surface area (Å²) in [6.07, 6.45) is 0.128. The van der Waals surface area contributed by atoms with Crippen molar-refractivity contribution in [3.63, 3.8) is 0 Å². The van der Waals surface area contributed by atoms with Gasteiger partial charge in [-0.05, 0) is 33.8 Å². The van der Waals surface area contributed by atoms with Gasteiger partial charge in [-0.25, -0.2) is 0 Å². The normalized spacial score (nSPS) is 12.0. The van der Waals surface area contributed by atoms with Crippen LogP contribution in [0, 0.1) is 20.8 Å². The zero-order valence-electron chi connectivity index (χ0n) is 14.0. The third-order valence-corrected chi connectivity index (χ3v) is 3.60. The van der Waals surface area contributed by atoms with Gasteiger partial charge in [0.2, 0.25) is 0 Å². The molecule has 0 aliphatic carbocycles. The first kappa shape index (κ1) is 16.8. The Balaban J connectivity index is 2.21. The van der Waals surface area contributed by atoms with Crippen molar-refractivity contribution in [1.29, 1.82) is 0 Å². The monoisotopic (exact) mass is 319 g/mol. The predicted octanol–water partition coefficient (Wildman–Crippen LogP) is 2.07. The quantitative estimate of drug-likeness (QED) is 0.853. The fraction of sp³-hybridized carbons (Fsp3) is 0.438. The Hall–Kier alpha value is -2.57. The summed E-state index contributed by atoms with van der Waals surface area (Å²) < 4.78 is 11.6. The Kier molecular flexibility index (Phi) is 4.88. The lowest BCUT2D eigenvalue weighted by atomic mass is 10.2. The molecule has 2 heterocycles. The molecular formula is C16H21N3O4. The zero-order valence-corrected chi connectivity index (χ0v) is 14.0. The van der Waals surface area contributed by atoms with E-state index < -0.39 is 0 Å². The van der Waals surface area contributed by atoms with Crippen LogP contribution in [-0.4, -0.2) is 34.8 Å². The molecule has 0 fully saturated rings. The molecule has 1 amide bonds. The number of aromatic nitrogens is 2. The zero-order chi connectivity index (χ0) is 17.1. The molecule has 0 aliphatic rings. The van der Waals surface area contributed by atoms with Crippen molar-refractivity contribution in [3.05, 3.63) is 34.8 Å². The predicted molar refractivity (Wildman–Crippen MR) is 83.6 cm³/mol. The van der Waals surface area contributed by atoms with Crippen molar-refractivity contribution in [2.45, 2.75) is 40.2 Å². The van der Waals surface area contributed by atoms with E-state index in [9.17, 15) is 9.59 Å². The van der Waals surface area contributed by atoms with Gasteiger partial charge in [0.15, 0.2) is 5.82 Å². The molecule has 0 saturated carbocycles. The van der Waals surface area contributed by atoms with Crippen molar-refractivity contribution in [2.75, 3.05) is 7.11 Å². The number of nitrogens with one attached hydrogen (secondary N) is 1. The molecule has 23 heavy (non-hydrogen) atoms. The second-order valence-electron chi connectivity index (χ2n) is 5.57. The minimum absolute atomic E-state index is 0.128. The molecule has 1 atom stereocenters. The molecule has 0 saturated heterocycles. The highest BCUT2D eigenvalue weighted by atomic mass is 16.5. The summed E-state index contributed by atoms with van der Waals surface area (Å²) in [6.45, 7) is 7.31. The van der Waals surface area contributed by atoms with E-state index in [1.165, 1.54) is 7.11 Å². The largest absolute Gasteiger partial charge is 0.469 e. The topological polar surface area (TPSA) is 86.4 Å². The van der Waals surface area contributed by atoms with E-state index >= 15 is 0 Å². The molecule has 0 aromatic carbocycles. The van der Waals surface area contributed by atoms with Gasteiger partial charge in [0.05, 0.1) is 19.1 Å². The maximum absolute atomic E-state index is 12.4. The third kappa shape index (κ3) is 3.61. The van der Waals surface area contributed by atoms with Crippen LogP contribution in [-0.2, 0) is 9.53 Å². The Morgan fingerprint density at radius 2 is 2.04 bits per heavy atom. The highest BCUT2D eigenvalue weighted by molar-refractivity contribution is 5.96. The van der Waals surface area contributed by atoms with Crippen LogP contribution in [0.4, 0.5) is 0 Å². The number of nitrogens with zero attached hydrogens (tertiary/aromatic N) is 2. The van der Waals surface area contributed by atoms with E-state index in [4.69, 9.17) is 4.52 Å². The van der Waals surface area contributed by atoms with Crippen LogP contribution in [0.3, 0.4) is 0 Å². The average Bonchev–Trinajstić information content (AvgIpc) is 3.02. The molecule has 7 nitrogen and oxygen atoms in total. The Bertz CT molecular complexity index is 730. The molecule has 2 aromatic rings. The van der Waals surface area contributed by atoms with E-state index in [1.54, 1.807) is 13.0 Å². The first-order chi connectivity index (χ1) is 10.8. The minimum Gasteiger partial charge on any atom is -0.469 e. The van der Waals surface area contributed by atoms with E-state index in [2.05, 4.69) is 15.2 Å². The number of hydrogen-bond donors (Lipinski definition) is 1. The van der Waals surface area contributed by atoms with E-state index in [-0.39, 0.29) is 24.3 Å². The van der Waals surface area contributed by atoms with E-state index in [0.29, 0.717) is 17.1 Å². The molecule has 0 radical (unpaired) electrons. The number of amides is 1. The van der Waals surface area contributed by atoms with Gasteiger partial charge in [0.1, 0.15) is 5.76 Å². The summed E-state index contributed by atoms with van der Waals surface area (Å²) in [5.41, 5.74) is 2.18. The van der Waals surface area contributed by atoms with Crippen LogP contribution in [0.25, 0.3) is 5.82 Å². The number of ether oxygens (including phenoxy) is 1. The Labute approximate surface area is 134 Å². The van der Waals surface area contributed by atoms with Gasteiger partial charge in [0.25, 0.3) is 5.91 Å². The Morgan fingerprint density at radius 1 is 1.35 bits per heavy atom. The van der Waals surface area contributed by atoms with Gasteiger partial charge in [-0.15, -0.1) is 0 Å². The lowest BCUT2D eigenvalue weighted by Crippen LogP contribution is -2.34. The summed E-state index contributed by atoms with van der Waals surface area (Å²) in [5.74, 6) is 0.742. The second-order valence-corrected chi connectivity index (χ2v) is 5.57. The molecule has 2 aromatic heterocycles. The average molecular weight is 319 g/mol. The van der Waals surface area contributed by atoms with Crippen LogP contribution >= 0.6 is 0 Å². The molecule has 0 bridgehead atoms. The van der Waals surface area contributed by atoms with Crippen LogP contribution in [0.5, 0.6) is 0 Å². The summed E-state index contributed by atoms with van der Waals surface area (Å²) in [4.78, 5) is 23.7. The summed E-state index contributed by atoms with van der Waals surface area (Å²) in [5, 5.41) is 6.79. The number of carbonyl (C=O) groups is 2. The van der Waals surface area contributed by atoms with Gasteiger partial charge in [-0.3, -0.25) is 14.2 Å². The standard InChI is InChI=1S/C16H21N3O4/c1-9(6-15(20)22-5)17-16(21)13-7-10(2)19(12(13)4)14-8-11(3)23-18-14/h7-9H,6H2,1-5H3,(H,17,21). The van der Waals surface area contributed by atoms with E-state index in [0.717, 1.165) is 11.4 Å². The number of rotatable bonds is 5. The fourth-order valence-corrected chi connectivity index (χ4v) is 2.49. The number of hydrogen-bond acceptors (Lipinski definition) is 5. The van der Waals surface area contributed by atoms with Crippen LogP contribution in [0.2, 0.25) is 0 Å². The van der Waals surface area contributed by atoms with Gasteiger partial charge in [-0.1, -0.05) is 5.16 Å². The molecule has 7 heteroatoms.